The molecule has 2 nitrogen and oxygen atoms in total. The number of benzene rings is 3. The lowest BCUT2D eigenvalue weighted by atomic mass is 9.82. The Morgan fingerprint density at radius 1 is 0.538 bits per heavy atom. The number of hydrogen-bond acceptors (Lipinski definition) is 2. The van der Waals surface area contributed by atoms with Gasteiger partial charge in [-0.2, -0.15) is 0 Å². The molecule has 0 heterocycles. The van der Waals surface area contributed by atoms with Crippen LogP contribution in [0, 0.1) is 13.8 Å². The van der Waals surface area contributed by atoms with Gasteiger partial charge in [0.05, 0.1) is 0 Å². The summed E-state index contributed by atoms with van der Waals surface area (Å²) in [6, 6.07) is 23.3. The summed E-state index contributed by atoms with van der Waals surface area (Å²) in [5.41, 5.74) is 3.21. The molecule has 0 saturated heterocycles. The highest BCUT2D eigenvalue weighted by Crippen LogP contribution is 2.34. The van der Waals surface area contributed by atoms with Gasteiger partial charge in [-0.3, -0.25) is 0 Å². The normalized spacial score (nSPS) is 15.9. The molecule has 3 rings (SSSR count). The minimum Gasteiger partial charge on any atom is -0.381 e. The highest BCUT2D eigenvalue weighted by Gasteiger charge is 2.30. The van der Waals surface area contributed by atoms with Gasteiger partial charge in [0, 0.05) is 0 Å². The first-order chi connectivity index (χ1) is 12.2. The van der Waals surface area contributed by atoms with E-state index in [0.29, 0.717) is 0 Å². The minimum absolute atomic E-state index is 0.756. The van der Waals surface area contributed by atoms with E-state index < -0.39 is 11.2 Å². The van der Waals surface area contributed by atoms with Gasteiger partial charge in [0.1, 0.15) is 11.2 Å². The molecule has 0 fully saturated rings. The first-order valence-corrected chi connectivity index (χ1v) is 8.91. The fourth-order valence-corrected chi connectivity index (χ4v) is 3.21. The summed E-state index contributed by atoms with van der Waals surface area (Å²) in [6.07, 6.45) is 0. The SMILES string of the molecule is Cc1ccc(C(C)(O)c2cccc(C(C)(O)c3ccc(C)cc3)c2)cc1. The Balaban J connectivity index is 2.02. The van der Waals surface area contributed by atoms with Crippen LogP contribution >= 0.6 is 0 Å². The maximum absolute atomic E-state index is 11.2. The Kier molecular flexibility index (Phi) is 4.74. The first-order valence-electron chi connectivity index (χ1n) is 8.91. The molecule has 0 radical (unpaired) electrons. The van der Waals surface area contributed by atoms with Crippen molar-refractivity contribution >= 4 is 0 Å². The summed E-state index contributed by atoms with van der Waals surface area (Å²) >= 11 is 0. The van der Waals surface area contributed by atoms with Crippen LogP contribution in [0.3, 0.4) is 0 Å². The maximum Gasteiger partial charge on any atom is 0.112 e. The van der Waals surface area contributed by atoms with E-state index in [1.807, 2.05) is 86.6 Å². The molecular weight excluding hydrogens is 320 g/mol. The van der Waals surface area contributed by atoms with Crippen LogP contribution in [0.15, 0.2) is 72.8 Å². The Bertz CT molecular complexity index is 816. The lowest BCUT2D eigenvalue weighted by Crippen LogP contribution is -2.26. The molecule has 0 bridgehead atoms. The number of aliphatic hydroxyl groups is 2. The fourth-order valence-electron chi connectivity index (χ4n) is 3.21. The molecule has 0 aliphatic carbocycles. The second-order valence-corrected chi connectivity index (χ2v) is 7.46. The highest BCUT2D eigenvalue weighted by molar-refractivity contribution is 5.42. The average molecular weight is 346 g/mol. The van der Waals surface area contributed by atoms with Crippen LogP contribution in [-0.2, 0) is 11.2 Å². The second-order valence-electron chi connectivity index (χ2n) is 7.46. The van der Waals surface area contributed by atoms with E-state index in [1.165, 1.54) is 0 Å². The molecule has 0 spiro atoms. The Hall–Kier alpha value is -2.42. The van der Waals surface area contributed by atoms with Crippen molar-refractivity contribution in [3.63, 3.8) is 0 Å². The van der Waals surface area contributed by atoms with Gasteiger partial charge in [-0.05, 0) is 56.0 Å². The fraction of sp³-hybridized carbons (Fsp3) is 0.250. The quantitative estimate of drug-likeness (QED) is 0.711. The zero-order valence-electron chi connectivity index (χ0n) is 15.8. The molecule has 0 amide bonds. The van der Waals surface area contributed by atoms with Gasteiger partial charge in [-0.25, -0.2) is 0 Å². The molecular formula is C24H26O2. The van der Waals surface area contributed by atoms with Crippen molar-refractivity contribution in [3.05, 3.63) is 106 Å². The summed E-state index contributed by atoms with van der Waals surface area (Å²) < 4.78 is 0. The van der Waals surface area contributed by atoms with Gasteiger partial charge < -0.3 is 10.2 Å². The Labute approximate surface area is 155 Å². The van der Waals surface area contributed by atoms with E-state index >= 15 is 0 Å². The van der Waals surface area contributed by atoms with E-state index in [4.69, 9.17) is 0 Å². The van der Waals surface area contributed by atoms with Crippen LogP contribution in [0.2, 0.25) is 0 Å². The van der Waals surface area contributed by atoms with Crippen LogP contribution in [0.25, 0.3) is 0 Å². The third kappa shape index (κ3) is 3.44. The number of rotatable bonds is 4. The van der Waals surface area contributed by atoms with Crippen molar-refractivity contribution in [2.45, 2.75) is 38.9 Å². The molecule has 2 N–H and O–H groups in total. The van der Waals surface area contributed by atoms with Crippen molar-refractivity contribution in [2.75, 3.05) is 0 Å². The molecule has 0 aliphatic rings. The van der Waals surface area contributed by atoms with Crippen molar-refractivity contribution in [1.82, 2.24) is 0 Å². The molecule has 26 heavy (non-hydrogen) atoms. The van der Waals surface area contributed by atoms with Crippen molar-refractivity contribution < 1.29 is 10.2 Å². The summed E-state index contributed by atoms with van der Waals surface area (Å²) in [5.74, 6) is 0. The highest BCUT2D eigenvalue weighted by atomic mass is 16.3. The van der Waals surface area contributed by atoms with Crippen molar-refractivity contribution in [1.29, 1.82) is 0 Å². The lowest BCUT2D eigenvalue weighted by Gasteiger charge is -2.29. The Morgan fingerprint density at radius 3 is 1.23 bits per heavy atom. The summed E-state index contributed by atoms with van der Waals surface area (Å²) in [7, 11) is 0. The molecule has 0 saturated carbocycles. The van der Waals surface area contributed by atoms with E-state index in [9.17, 15) is 10.2 Å². The van der Waals surface area contributed by atoms with Crippen LogP contribution in [0.4, 0.5) is 0 Å². The second kappa shape index (κ2) is 6.71. The van der Waals surface area contributed by atoms with Crippen molar-refractivity contribution in [3.8, 4) is 0 Å². The third-order valence-electron chi connectivity index (χ3n) is 5.21. The van der Waals surface area contributed by atoms with Gasteiger partial charge in [-0.1, -0.05) is 77.9 Å². The van der Waals surface area contributed by atoms with E-state index in [0.717, 1.165) is 33.4 Å². The van der Waals surface area contributed by atoms with Gasteiger partial charge in [0.15, 0.2) is 0 Å². The molecule has 2 unspecified atom stereocenters. The maximum atomic E-state index is 11.2. The third-order valence-corrected chi connectivity index (χ3v) is 5.21. The van der Waals surface area contributed by atoms with Gasteiger partial charge in [-0.15, -0.1) is 0 Å². The first kappa shape index (κ1) is 18.4. The van der Waals surface area contributed by atoms with Gasteiger partial charge in [0.2, 0.25) is 0 Å². The van der Waals surface area contributed by atoms with E-state index in [-0.39, 0.29) is 0 Å². The Morgan fingerprint density at radius 2 is 0.885 bits per heavy atom. The molecule has 3 aromatic rings. The molecule has 2 heteroatoms. The van der Waals surface area contributed by atoms with E-state index in [1.54, 1.807) is 13.8 Å². The topological polar surface area (TPSA) is 40.5 Å². The molecule has 0 aromatic heterocycles. The smallest absolute Gasteiger partial charge is 0.112 e. The average Bonchev–Trinajstić information content (AvgIpc) is 2.62. The van der Waals surface area contributed by atoms with Crippen LogP contribution in [0.5, 0.6) is 0 Å². The monoisotopic (exact) mass is 346 g/mol. The minimum atomic E-state index is -1.13. The molecule has 0 aliphatic heterocycles. The van der Waals surface area contributed by atoms with Gasteiger partial charge in [0.25, 0.3) is 0 Å². The van der Waals surface area contributed by atoms with Gasteiger partial charge >= 0.3 is 0 Å². The predicted molar refractivity (Wildman–Crippen MR) is 106 cm³/mol. The van der Waals surface area contributed by atoms with Crippen molar-refractivity contribution in [2.24, 2.45) is 0 Å². The van der Waals surface area contributed by atoms with Crippen LogP contribution in [-0.4, -0.2) is 10.2 Å². The molecule has 2 atom stereocenters. The summed E-state index contributed by atoms with van der Waals surface area (Å²) in [5, 5.41) is 22.3. The predicted octanol–water partition coefficient (Wildman–Crippen LogP) is 4.82. The zero-order valence-corrected chi connectivity index (χ0v) is 15.8. The van der Waals surface area contributed by atoms with E-state index in [2.05, 4.69) is 0 Å². The number of hydrogen-bond donors (Lipinski definition) is 2. The summed E-state index contributed by atoms with van der Waals surface area (Å²) in [4.78, 5) is 0. The lowest BCUT2D eigenvalue weighted by molar-refractivity contribution is 0.0953. The van der Waals surface area contributed by atoms with Crippen LogP contribution < -0.4 is 0 Å². The molecule has 134 valence electrons. The van der Waals surface area contributed by atoms with Crippen LogP contribution in [0.1, 0.15) is 47.2 Å². The summed E-state index contributed by atoms with van der Waals surface area (Å²) in [6.45, 7) is 7.63. The molecule has 3 aromatic carbocycles. The number of aryl methyl sites for hydroxylation is 2. The largest absolute Gasteiger partial charge is 0.381 e. The standard InChI is InChI=1S/C24H26O2/c1-17-8-12-19(13-9-17)23(3,25)21-6-5-7-22(16-21)24(4,26)20-14-10-18(2)11-15-20/h5-16,25-26H,1-4H3. The zero-order chi connectivity index (χ0) is 18.9.